The summed E-state index contributed by atoms with van der Waals surface area (Å²) in [4.78, 5) is 15.0. The molecule has 2 bridgehead atoms. The maximum Gasteiger partial charge on any atom is 0.251 e. The number of fused-ring (bicyclic) bond motifs is 4. The highest BCUT2D eigenvalue weighted by Gasteiger charge is 2.34. The third kappa shape index (κ3) is 2.18. The topological polar surface area (TPSA) is 45.5 Å². The van der Waals surface area contributed by atoms with Gasteiger partial charge in [0.15, 0.2) is 0 Å². The summed E-state index contributed by atoms with van der Waals surface area (Å²) in [5.74, 6) is 3.18. The van der Waals surface area contributed by atoms with Crippen LogP contribution in [0, 0.1) is 18.3 Å². The fourth-order valence-electron chi connectivity index (χ4n) is 3.66. The second kappa shape index (κ2) is 5.19. The van der Waals surface area contributed by atoms with Gasteiger partial charge in [0, 0.05) is 23.5 Å². The molecule has 4 heterocycles. The number of furan rings is 1. The first-order valence-corrected chi connectivity index (χ1v) is 7.75. The number of carbonyl (C=O) groups excluding carboxylic acids is 1. The van der Waals surface area contributed by atoms with E-state index in [1.165, 1.54) is 25.9 Å². The Morgan fingerprint density at radius 2 is 2.18 bits per heavy atom. The predicted molar refractivity (Wildman–Crippen MR) is 84.6 cm³/mol. The van der Waals surface area contributed by atoms with E-state index < -0.39 is 0 Å². The van der Waals surface area contributed by atoms with Gasteiger partial charge in [-0.05, 0) is 50.0 Å². The van der Waals surface area contributed by atoms with Gasteiger partial charge in [0.05, 0.1) is 5.56 Å². The van der Waals surface area contributed by atoms with Crippen LogP contribution in [0.15, 0.2) is 28.9 Å². The van der Waals surface area contributed by atoms with Crippen molar-refractivity contribution in [2.75, 3.05) is 19.6 Å². The molecule has 4 nitrogen and oxygen atoms in total. The minimum absolute atomic E-state index is 0.0233. The molecule has 4 heteroatoms. The van der Waals surface area contributed by atoms with E-state index in [0.717, 1.165) is 11.9 Å². The molecule has 1 N–H and O–H groups in total. The van der Waals surface area contributed by atoms with E-state index >= 15 is 0 Å². The first-order chi connectivity index (χ1) is 10.7. The van der Waals surface area contributed by atoms with Crippen LogP contribution in [0.4, 0.5) is 0 Å². The fraction of sp³-hybridized carbons (Fsp3) is 0.389. The quantitative estimate of drug-likeness (QED) is 0.864. The van der Waals surface area contributed by atoms with Crippen LogP contribution < -0.4 is 5.32 Å². The Kier molecular flexibility index (Phi) is 3.16. The lowest BCUT2D eigenvalue weighted by molar-refractivity contribution is 0.0620. The van der Waals surface area contributed by atoms with Crippen molar-refractivity contribution in [1.82, 2.24) is 10.2 Å². The fourth-order valence-corrected chi connectivity index (χ4v) is 3.66. The first kappa shape index (κ1) is 13.4. The highest BCUT2D eigenvalue weighted by atomic mass is 16.3. The molecule has 0 unspecified atom stereocenters. The number of hydrogen-bond acceptors (Lipinski definition) is 3. The Bertz CT molecular complexity index is 763. The summed E-state index contributed by atoms with van der Waals surface area (Å²) < 4.78 is 5.38. The van der Waals surface area contributed by atoms with Crippen molar-refractivity contribution >= 4 is 16.9 Å². The lowest BCUT2D eigenvalue weighted by atomic mass is 9.84. The molecular formula is C18H18N2O2. The molecule has 0 aliphatic carbocycles. The summed E-state index contributed by atoms with van der Waals surface area (Å²) >= 11 is 0. The number of carbonyl (C=O) groups is 1. The third-order valence-corrected chi connectivity index (χ3v) is 4.96. The standard InChI is InChI=1S/C18H18N2O2/c1-2-12-11-22-17-4-3-14(9-15(12)17)18(21)19-16-10-20-7-5-13(16)6-8-20/h1,3-4,9,11,13,16H,5-8,10H2,(H,19,21)/t16-/m0/s1. The summed E-state index contributed by atoms with van der Waals surface area (Å²) in [5, 5.41) is 4.02. The Balaban J connectivity index is 1.56. The number of nitrogens with one attached hydrogen (secondary N) is 1. The number of benzene rings is 1. The zero-order chi connectivity index (χ0) is 15.1. The van der Waals surface area contributed by atoms with E-state index in [9.17, 15) is 4.79 Å². The lowest BCUT2D eigenvalue weighted by Gasteiger charge is -2.44. The van der Waals surface area contributed by atoms with E-state index in [1.54, 1.807) is 12.3 Å². The molecule has 0 spiro atoms. The molecule has 0 radical (unpaired) electrons. The average Bonchev–Trinajstić information content (AvgIpc) is 2.98. The predicted octanol–water partition coefficient (Wildman–Crippen LogP) is 2.24. The van der Waals surface area contributed by atoms with Crippen molar-refractivity contribution in [1.29, 1.82) is 0 Å². The summed E-state index contributed by atoms with van der Waals surface area (Å²) in [6.45, 7) is 3.31. The minimum Gasteiger partial charge on any atom is -0.463 e. The van der Waals surface area contributed by atoms with E-state index in [1.807, 2.05) is 12.1 Å². The number of rotatable bonds is 2. The Labute approximate surface area is 129 Å². The van der Waals surface area contributed by atoms with E-state index in [0.29, 0.717) is 22.6 Å². The maximum atomic E-state index is 12.5. The summed E-state index contributed by atoms with van der Waals surface area (Å²) in [5.41, 5.74) is 2.04. The van der Waals surface area contributed by atoms with Crippen molar-refractivity contribution in [3.8, 4) is 12.3 Å². The molecular weight excluding hydrogens is 276 g/mol. The normalized spacial score (nSPS) is 26.8. The lowest BCUT2D eigenvalue weighted by Crippen LogP contribution is -2.57. The highest BCUT2D eigenvalue weighted by Crippen LogP contribution is 2.28. The van der Waals surface area contributed by atoms with Crippen molar-refractivity contribution in [3.05, 3.63) is 35.6 Å². The van der Waals surface area contributed by atoms with E-state index in [4.69, 9.17) is 10.8 Å². The Morgan fingerprint density at radius 3 is 2.86 bits per heavy atom. The SMILES string of the molecule is C#Cc1coc2ccc(C(=O)N[C@H]3CN4CCC3CC4)cc12. The summed E-state index contributed by atoms with van der Waals surface area (Å²) in [7, 11) is 0. The van der Waals surface area contributed by atoms with Gasteiger partial charge in [-0.3, -0.25) is 4.79 Å². The molecule has 3 fully saturated rings. The largest absolute Gasteiger partial charge is 0.463 e. The molecule has 2 aromatic rings. The number of hydrogen-bond donors (Lipinski definition) is 1. The van der Waals surface area contributed by atoms with Gasteiger partial charge in [-0.1, -0.05) is 5.92 Å². The zero-order valence-corrected chi connectivity index (χ0v) is 12.3. The van der Waals surface area contributed by atoms with Crippen molar-refractivity contribution in [3.63, 3.8) is 0 Å². The van der Waals surface area contributed by atoms with Crippen LogP contribution in [-0.4, -0.2) is 36.5 Å². The van der Waals surface area contributed by atoms with Gasteiger partial charge >= 0.3 is 0 Å². The summed E-state index contributed by atoms with van der Waals surface area (Å²) in [6, 6.07) is 5.69. The highest BCUT2D eigenvalue weighted by molar-refractivity contribution is 5.99. The van der Waals surface area contributed by atoms with Gasteiger partial charge in [0.1, 0.15) is 11.8 Å². The van der Waals surface area contributed by atoms with E-state index in [-0.39, 0.29) is 11.9 Å². The smallest absolute Gasteiger partial charge is 0.251 e. The van der Waals surface area contributed by atoms with Gasteiger partial charge < -0.3 is 14.6 Å². The Hall–Kier alpha value is -2.25. The minimum atomic E-state index is -0.0233. The van der Waals surface area contributed by atoms with Crippen LogP contribution in [0.5, 0.6) is 0 Å². The van der Waals surface area contributed by atoms with Gasteiger partial charge in [0.25, 0.3) is 5.91 Å². The van der Waals surface area contributed by atoms with Gasteiger partial charge in [0.2, 0.25) is 0 Å². The molecule has 1 aromatic heterocycles. The van der Waals surface area contributed by atoms with Crippen LogP contribution in [0.3, 0.4) is 0 Å². The second-order valence-corrected chi connectivity index (χ2v) is 6.22. The van der Waals surface area contributed by atoms with Crippen molar-refractivity contribution in [2.45, 2.75) is 18.9 Å². The number of terminal acetylenes is 1. The third-order valence-electron chi connectivity index (χ3n) is 4.96. The Morgan fingerprint density at radius 1 is 1.36 bits per heavy atom. The van der Waals surface area contributed by atoms with Crippen LogP contribution in [0.2, 0.25) is 0 Å². The first-order valence-electron chi connectivity index (χ1n) is 7.75. The van der Waals surface area contributed by atoms with Crippen LogP contribution in [-0.2, 0) is 0 Å². The molecule has 112 valence electrons. The molecule has 1 aromatic carbocycles. The zero-order valence-electron chi connectivity index (χ0n) is 12.3. The molecule has 3 saturated heterocycles. The molecule has 3 aliphatic heterocycles. The van der Waals surface area contributed by atoms with Gasteiger partial charge in [-0.15, -0.1) is 6.42 Å². The number of piperidine rings is 3. The van der Waals surface area contributed by atoms with Crippen molar-refractivity contribution < 1.29 is 9.21 Å². The molecule has 1 atom stereocenters. The molecule has 1 amide bonds. The van der Waals surface area contributed by atoms with Crippen LogP contribution >= 0.6 is 0 Å². The maximum absolute atomic E-state index is 12.5. The number of amides is 1. The second-order valence-electron chi connectivity index (χ2n) is 6.22. The molecule has 5 rings (SSSR count). The molecule has 22 heavy (non-hydrogen) atoms. The summed E-state index contributed by atoms with van der Waals surface area (Å²) in [6.07, 6.45) is 9.39. The van der Waals surface area contributed by atoms with Crippen molar-refractivity contribution in [2.24, 2.45) is 5.92 Å². The van der Waals surface area contributed by atoms with Gasteiger partial charge in [-0.25, -0.2) is 0 Å². The average molecular weight is 294 g/mol. The number of nitrogens with zero attached hydrogens (tertiary/aromatic N) is 1. The van der Waals surface area contributed by atoms with Crippen LogP contribution in [0.25, 0.3) is 11.0 Å². The van der Waals surface area contributed by atoms with E-state index in [2.05, 4.69) is 16.1 Å². The molecule has 0 saturated carbocycles. The molecule has 3 aliphatic rings. The van der Waals surface area contributed by atoms with Crippen LogP contribution in [0.1, 0.15) is 28.8 Å². The monoisotopic (exact) mass is 294 g/mol. The van der Waals surface area contributed by atoms with Gasteiger partial charge in [-0.2, -0.15) is 0 Å².